The molecule has 116 valence electrons. The van der Waals surface area contributed by atoms with Crippen LogP contribution in [0.1, 0.15) is 30.1 Å². The third kappa shape index (κ3) is 3.67. The van der Waals surface area contributed by atoms with Crippen molar-refractivity contribution in [2.24, 2.45) is 0 Å². The molecule has 0 aromatic heterocycles. The van der Waals surface area contributed by atoms with Gasteiger partial charge in [-0.1, -0.05) is 35.9 Å². The fourth-order valence-corrected chi connectivity index (χ4v) is 3.21. The molecular formula is C18H19ClFNO. The van der Waals surface area contributed by atoms with Crippen LogP contribution in [0.4, 0.5) is 4.39 Å². The van der Waals surface area contributed by atoms with Gasteiger partial charge in [-0.3, -0.25) is 0 Å². The van der Waals surface area contributed by atoms with Crippen molar-refractivity contribution in [2.75, 3.05) is 0 Å². The Balaban J connectivity index is 1.61. The van der Waals surface area contributed by atoms with E-state index < -0.39 is 6.10 Å². The van der Waals surface area contributed by atoms with Gasteiger partial charge < -0.3 is 10.4 Å². The summed E-state index contributed by atoms with van der Waals surface area (Å²) in [6, 6.07) is 14.3. The van der Waals surface area contributed by atoms with Gasteiger partial charge in [0, 0.05) is 17.1 Å². The van der Waals surface area contributed by atoms with Gasteiger partial charge in [0.1, 0.15) is 5.82 Å². The summed E-state index contributed by atoms with van der Waals surface area (Å²) in [7, 11) is 0. The Hall–Kier alpha value is -1.42. The molecule has 3 rings (SSSR count). The summed E-state index contributed by atoms with van der Waals surface area (Å²) in [5.41, 5.74) is 1.85. The Labute approximate surface area is 134 Å². The van der Waals surface area contributed by atoms with Crippen LogP contribution in [-0.4, -0.2) is 17.2 Å². The summed E-state index contributed by atoms with van der Waals surface area (Å²) >= 11 is 5.89. The number of aliphatic hydroxyl groups excluding tert-OH is 1. The SMILES string of the molecule is O[C@@H](c1cccc(F)c1)[C@H]1CC[C@@H](Cc2ccc(Cl)cc2)N1. The Bertz CT molecular complexity index is 631. The van der Waals surface area contributed by atoms with Crippen LogP contribution in [0.15, 0.2) is 48.5 Å². The second kappa shape index (κ2) is 6.78. The van der Waals surface area contributed by atoms with Crippen LogP contribution < -0.4 is 5.32 Å². The van der Waals surface area contributed by atoms with Gasteiger partial charge in [0.2, 0.25) is 0 Å². The monoisotopic (exact) mass is 319 g/mol. The first-order valence-corrected chi connectivity index (χ1v) is 7.93. The summed E-state index contributed by atoms with van der Waals surface area (Å²) in [4.78, 5) is 0. The predicted molar refractivity (Wildman–Crippen MR) is 86.5 cm³/mol. The molecule has 1 heterocycles. The third-order valence-corrected chi connectivity index (χ3v) is 4.49. The Morgan fingerprint density at radius 2 is 1.95 bits per heavy atom. The van der Waals surface area contributed by atoms with Gasteiger partial charge >= 0.3 is 0 Å². The zero-order valence-electron chi connectivity index (χ0n) is 12.2. The first-order chi connectivity index (χ1) is 10.6. The van der Waals surface area contributed by atoms with Gasteiger partial charge in [-0.2, -0.15) is 0 Å². The molecule has 0 spiro atoms. The predicted octanol–water partition coefficient (Wildman–Crippen LogP) is 3.88. The first kappa shape index (κ1) is 15.5. The minimum absolute atomic E-state index is 0.0286. The van der Waals surface area contributed by atoms with Crippen LogP contribution in [0, 0.1) is 5.82 Å². The Morgan fingerprint density at radius 3 is 2.68 bits per heavy atom. The second-order valence-corrected chi connectivity index (χ2v) is 6.31. The normalized spacial score (nSPS) is 22.7. The van der Waals surface area contributed by atoms with Crippen LogP contribution in [0.3, 0.4) is 0 Å². The number of benzene rings is 2. The van der Waals surface area contributed by atoms with E-state index in [1.54, 1.807) is 12.1 Å². The van der Waals surface area contributed by atoms with E-state index in [9.17, 15) is 9.50 Å². The van der Waals surface area contributed by atoms with Crippen molar-refractivity contribution in [1.29, 1.82) is 0 Å². The van der Waals surface area contributed by atoms with Gasteiger partial charge in [-0.25, -0.2) is 4.39 Å². The lowest BCUT2D eigenvalue weighted by Crippen LogP contribution is -2.35. The van der Waals surface area contributed by atoms with E-state index in [4.69, 9.17) is 11.6 Å². The number of rotatable bonds is 4. The molecule has 22 heavy (non-hydrogen) atoms. The van der Waals surface area contributed by atoms with Crippen molar-refractivity contribution >= 4 is 11.6 Å². The van der Waals surface area contributed by atoms with Crippen molar-refractivity contribution in [3.8, 4) is 0 Å². The van der Waals surface area contributed by atoms with E-state index in [2.05, 4.69) is 5.32 Å². The van der Waals surface area contributed by atoms with Crippen LogP contribution in [-0.2, 0) is 6.42 Å². The number of hydrogen-bond acceptors (Lipinski definition) is 2. The molecular weight excluding hydrogens is 301 g/mol. The van der Waals surface area contributed by atoms with Crippen LogP contribution in [0.25, 0.3) is 0 Å². The topological polar surface area (TPSA) is 32.3 Å². The Kier molecular flexibility index (Phi) is 4.77. The summed E-state index contributed by atoms with van der Waals surface area (Å²) in [5, 5.41) is 14.6. The van der Waals surface area contributed by atoms with E-state index in [1.807, 2.05) is 24.3 Å². The number of halogens is 2. The van der Waals surface area contributed by atoms with Gasteiger partial charge in [-0.15, -0.1) is 0 Å². The lowest BCUT2D eigenvalue weighted by molar-refractivity contribution is 0.135. The Morgan fingerprint density at radius 1 is 1.18 bits per heavy atom. The smallest absolute Gasteiger partial charge is 0.123 e. The van der Waals surface area contributed by atoms with Crippen molar-refractivity contribution in [1.82, 2.24) is 5.32 Å². The highest BCUT2D eigenvalue weighted by Gasteiger charge is 2.30. The molecule has 2 aromatic rings. The van der Waals surface area contributed by atoms with Crippen molar-refractivity contribution in [3.63, 3.8) is 0 Å². The van der Waals surface area contributed by atoms with Crippen molar-refractivity contribution in [3.05, 3.63) is 70.5 Å². The highest BCUT2D eigenvalue weighted by molar-refractivity contribution is 6.30. The molecule has 2 nitrogen and oxygen atoms in total. The standard InChI is InChI=1S/C18H19ClFNO/c19-14-6-4-12(5-7-14)10-16-8-9-17(21-16)18(22)13-2-1-3-15(20)11-13/h1-7,11,16-18,21-22H,8-10H2/t16-,17+,18-/m0/s1. The van der Waals surface area contributed by atoms with Gasteiger partial charge in [0.05, 0.1) is 6.10 Å². The van der Waals surface area contributed by atoms with E-state index in [-0.39, 0.29) is 11.9 Å². The number of nitrogens with one attached hydrogen (secondary N) is 1. The van der Waals surface area contributed by atoms with E-state index in [1.165, 1.54) is 17.7 Å². The van der Waals surface area contributed by atoms with Gasteiger partial charge in [0.25, 0.3) is 0 Å². The quantitative estimate of drug-likeness (QED) is 0.896. The summed E-state index contributed by atoms with van der Waals surface area (Å²) in [5.74, 6) is -0.313. The molecule has 3 atom stereocenters. The average Bonchev–Trinajstić information content (AvgIpc) is 2.97. The molecule has 4 heteroatoms. The zero-order valence-corrected chi connectivity index (χ0v) is 12.9. The molecule has 1 fully saturated rings. The summed E-state index contributed by atoms with van der Waals surface area (Å²) in [6.07, 6.45) is 2.12. The fraction of sp³-hybridized carbons (Fsp3) is 0.333. The summed E-state index contributed by atoms with van der Waals surface area (Å²) in [6.45, 7) is 0. The molecule has 2 aromatic carbocycles. The molecule has 0 amide bonds. The highest BCUT2D eigenvalue weighted by atomic mass is 35.5. The van der Waals surface area contributed by atoms with Crippen LogP contribution >= 0.6 is 11.6 Å². The van der Waals surface area contributed by atoms with Gasteiger partial charge in [0.15, 0.2) is 0 Å². The molecule has 0 radical (unpaired) electrons. The zero-order chi connectivity index (χ0) is 15.5. The van der Waals surface area contributed by atoms with Crippen LogP contribution in [0.2, 0.25) is 5.02 Å². The fourth-order valence-electron chi connectivity index (χ4n) is 3.09. The maximum Gasteiger partial charge on any atom is 0.123 e. The van der Waals surface area contributed by atoms with E-state index in [0.29, 0.717) is 11.6 Å². The minimum atomic E-state index is -0.675. The molecule has 0 aliphatic carbocycles. The first-order valence-electron chi connectivity index (χ1n) is 7.56. The molecule has 0 unspecified atom stereocenters. The maximum absolute atomic E-state index is 13.3. The maximum atomic E-state index is 13.3. The number of aliphatic hydroxyl groups is 1. The second-order valence-electron chi connectivity index (χ2n) is 5.88. The largest absolute Gasteiger partial charge is 0.387 e. The summed E-state index contributed by atoms with van der Waals surface area (Å²) < 4.78 is 13.3. The molecule has 2 N–H and O–H groups in total. The lowest BCUT2D eigenvalue weighted by Gasteiger charge is -2.20. The highest BCUT2D eigenvalue weighted by Crippen LogP contribution is 2.27. The minimum Gasteiger partial charge on any atom is -0.387 e. The van der Waals surface area contributed by atoms with Crippen LogP contribution in [0.5, 0.6) is 0 Å². The molecule has 0 bridgehead atoms. The van der Waals surface area contributed by atoms with Gasteiger partial charge in [-0.05, 0) is 54.7 Å². The molecule has 1 saturated heterocycles. The van der Waals surface area contributed by atoms with E-state index in [0.717, 1.165) is 24.3 Å². The molecule has 0 saturated carbocycles. The lowest BCUT2D eigenvalue weighted by atomic mass is 10.0. The molecule has 1 aliphatic heterocycles. The average molecular weight is 320 g/mol. The molecule has 1 aliphatic rings. The van der Waals surface area contributed by atoms with Crippen molar-refractivity contribution < 1.29 is 9.50 Å². The van der Waals surface area contributed by atoms with E-state index >= 15 is 0 Å². The number of hydrogen-bond donors (Lipinski definition) is 2. The third-order valence-electron chi connectivity index (χ3n) is 4.24. The van der Waals surface area contributed by atoms with Crippen molar-refractivity contribution in [2.45, 2.75) is 37.5 Å².